The number of nitrogens with zero attached hydrogens (tertiary/aromatic N) is 1. The molecule has 19 heavy (non-hydrogen) atoms. The van der Waals surface area contributed by atoms with Gasteiger partial charge in [0.2, 0.25) is 11.8 Å². The molecule has 0 aromatic heterocycles. The molecule has 0 spiro atoms. The molecule has 1 saturated heterocycles. The summed E-state index contributed by atoms with van der Waals surface area (Å²) in [5, 5.41) is 2.88. The largest absolute Gasteiger partial charge is 0.354 e. The van der Waals surface area contributed by atoms with Crippen molar-refractivity contribution in [2.24, 2.45) is 5.73 Å². The third kappa shape index (κ3) is 6.01. The Morgan fingerprint density at radius 2 is 2.16 bits per heavy atom. The first-order valence-corrected chi connectivity index (χ1v) is 7.71. The zero-order valence-electron chi connectivity index (χ0n) is 11.4. The van der Waals surface area contributed by atoms with Gasteiger partial charge < -0.3 is 16.0 Å². The molecule has 112 valence electrons. The minimum Gasteiger partial charge on any atom is -0.354 e. The fraction of sp³-hybridized carbons (Fsp3) is 0.833. The van der Waals surface area contributed by atoms with E-state index in [1.165, 1.54) is 0 Å². The molecule has 1 rings (SSSR count). The molecule has 1 unspecified atom stereocenters. The number of hydrogen-bond donors (Lipinski definition) is 2. The van der Waals surface area contributed by atoms with E-state index in [1.54, 1.807) is 16.7 Å². The molecular formula is C12H24ClN3O2S. The zero-order valence-corrected chi connectivity index (χ0v) is 13.0. The molecular weight excluding hydrogens is 286 g/mol. The summed E-state index contributed by atoms with van der Waals surface area (Å²) in [5.74, 6) is 1.41. The number of unbranched alkanes of at least 4 members (excludes halogenated alkanes) is 1. The number of thioether (sulfide) groups is 1. The second-order valence-corrected chi connectivity index (χ2v) is 5.42. The molecule has 3 N–H and O–H groups in total. The number of nitrogens with one attached hydrogen (secondary N) is 1. The van der Waals surface area contributed by atoms with E-state index in [-0.39, 0.29) is 30.3 Å². The molecule has 2 amide bonds. The number of carbonyl (C=O) groups is 2. The minimum absolute atomic E-state index is 0. The maximum absolute atomic E-state index is 12.0. The first kappa shape index (κ1) is 18.5. The number of nitrogens with two attached hydrogens (primary N) is 1. The van der Waals surface area contributed by atoms with Crippen LogP contribution in [0.3, 0.4) is 0 Å². The van der Waals surface area contributed by atoms with E-state index in [1.807, 2.05) is 6.92 Å². The van der Waals surface area contributed by atoms with Crippen molar-refractivity contribution >= 4 is 36.0 Å². The van der Waals surface area contributed by atoms with Crippen molar-refractivity contribution in [3.8, 4) is 0 Å². The highest BCUT2D eigenvalue weighted by Gasteiger charge is 2.33. The highest BCUT2D eigenvalue weighted by Crippen LogP contribution is 2.22. The lowest BCUT2D eigenvalue weighted by Gasteiger charge is -2.22. The van der Waals surface area contributed by atoms with Crippen LogP contribution in [0.2, 0.25) is 0 Å². The summed E-state index contributed by atoms with van der Waals surface area (Å²) >= 11 is 1.64. The fourth-order valence-electron chi connectivity index (χ4n) is 1.86. The van der Waals surface area contributed by atoms with Crippen molar-refractivity contribution in [1.29, 1.82) is 0 Å². The van der Waals surface area contributed by atoms with Gasteiger partial charge in [-0.2, -0.15) is 0 Å². The molecule has 0 radical (unpaired) electrons. The molecule has 1 fully saturated rings. The molecule has 7 heteroatoms. The molecule has 1 aliphatic heterocycles. The van der Waals surface area contributed by atoms with E-state index >= 15 is 0 Å². The Morgan fingerprint density at radius 3 is 2.79 bits per heavy atom. The SMILES string of the molecule is CCCC(=O)N1CSCC1C(=O)NCCCCN.Cl. The molecule has 1 atom stereocenters. The van der Waals surface area contributed by atoms with E-state index in [2.05, 4.69) is 5.32 Å². The molecule has 1 heterocycles. The highest BCUT2D eigenvalue weighted by molar-refractivity contribution is 7.99. The molecule has 0 saturated carbocycles. The minimum atomic E-state index is -0.285. The molecule has 5 nitrogen and oxygen atoms in total. The summed E-state index contributed by atoms with van der Waals surface area (Å²) in [6, 6.07) is -0.285. The Labute approximate surface area is 125 Å². The maximum atomic E-state index is 12.0. The van der Waals surface area contributed by atoms with E-state index in [9.17, 15) is 9.59 Å². The fourth-order valence-corrected chi connectivity index (χ4v) is 3.04. The number of rotatable bonds is 7. The third-order valence-corrected chi connectivity index (χ3v) is 3.91. The second kappa shape index (κ2) is 10.3. The van der Waals surface area contributed by atoms with Crippen molar-refractivity contribution in [3.63, 3.8) is 0 Å². The van der Waals surface area contributed by atoms with Gasteiger partial charge in [0.15, 0.2) is 0 Å². The van der Waals surface area contributed by atoms with E-state index in [0.717, 1.165) is 19.3 Å². The number of amides is 2. The standard InChI is InChI=1S/C12H23N3O2S.ClH/c1-2-5-11(16)15-9-18-8-10(15)12(17)14-7-4-3-6-13;/h10H,2-9,13H2,1H3,(H,14,17);1H. The van der Waals surface area contributed by atoms with Gasteiger partial charge >= 0.3 is 0 Å². The number of halogens is 1. The van der Waals surface area contributed by atoms with Crippen LogP contribution in [0.25, 0.3) is 0 Å². The summed E-state index contributed by atoms with van der Waals surface area (Å²) in [6.45, 7) is 3.27. The Kier molecular flexibility index (Phi) is 10.1. The predicted molar refractivity (Wildman–Crippen MR) is 81.4 cm³/mol. The third-order valence-electron chi connectivity index (χ3n) is 2.90. The average Bonchev–Trinajstić information content (AvgIpc) is 2.84. The smallest absolute Gasteiger partial charge is 0.243 e. The quantitative estimate of drug-likeness (QED) is 0.687. The topological polar surface area (TPSA) is 75.4 Å². The van der Waals surface area contributed by atoms with Crippen LogP contribution in [-0.4, -0.2) is 47.5 Å². The number of hydrogen-bond acceptors (Lipinski definition) is 4. The van der Waals surface area contributed by atoms with Crippen LogP contribution < -0.4 is 11.1 Å². The van der Waals surface area contributed by atoms with Gasteiger partial charge in [0.25, 0.3) is 0 Å². The molecule has 1 aliphatic rings. The first-order valence-electron chi connectivity index (χ1n) is 6.55. The molecule has 0 aromatic carbocycles. The van der Waals surface area contributed by atoms with Crippen LogP contribution in [0.5, 0.6) is 0 Å². The Morgan fingerprint density at radius 1 is 1.42 bits per heavy atom. The van der Waals surface area contributed by atoms with E-state index < -0.39 is 0 Å². The van der Waals surface area contributed by atoms with Gasteiger partial charge in [0.1, 0.15) is 6.04 Å². The van der Waals surface area contributed by atoms with Crippen LogP contribution in [-0.2, 0) is 9.59 Å². The van der Waals surface area contributed by atoms with Gasteiger partial charge in [-0.3, -0.25) is 9.59 Å². The van der Waals surface area contributed by atoms with E-state index in [0.29, 0.717) is 31.1 Å². The van der Waals surface area contributed by atoms with Gasteiger partial charge in [0.05, 0.1) is 5.88 Å². The van der Waals surface area contributed by atoms with Gasteiger partial charge in [-0.1, -0.05) is 6.92 Å². The average molecular weight is 310 g/mol. The summed E-state index contributed by atoms with van der Waals surface area (Å²) in [4.78, 5) is 25.5. The van der Waals surface area contributed by atoms with Crippen molar-refractivity contribution in [3.05, 3.63) is 0 Å². The summed E-state index contributed by atoms with van der Waals surface area (Å²) in [6.07, 6.45) is 3.16. The van der Waals surface area contributed by atoms with Crippen molar-refractivity contribution in [1.82, 2.24) is 10.2 Å². The Hall–Kier alpha value is -0.460. The number of carbonyl (C=O) groups excluding carboxylic acids is 2. The zero-order chi connectivity index (χ0) is 13.4. The summed E-state index contributed by atoms with van der Waals surface area (Å²) in [5.41, 5.74) is 5.39. The lowest BCUT2D eigenvalue weighted by Crippen LogP contribution is -2.47. The van der Waals surface area contributed by atoms with Crippen molar-refractivity contribution in [2.45, 2.75) is 38.6 Å². The second-order valence-electron chi connectivity index (χ2n) is 4.42. The Balaban J connectivity index is 0.00000324. The van der Waals surface area contributed by atoms with Crippen molar-refractivity contribution in [2.75, 3.05) is 24.7 Å². The van der Waals surface area contributed by atoms with Crippen LogP contribution in [0.15, 0.2) is 0 Å². The maximum Gasteiger partial charge on any atom is 0.243 e. The molecule has 0 aromatic rings. The molecule has 0 aliphatic carbocycles. The van der Waals surface area contributed by atoms with Gasteiger partial charge in [0, 0.05) is 18.7 Å². The van der Waals surface area contributed by atoms with Gasteiger partial charge in [-0.25, -0.2) is 0 Å². The highest BCUT2D eigenvalue weighted by atomic mass is 35.5. The molecule has 0 bridgehead atoms. The monoisotopic (exact) mass is 309 g/mol. The summed E-state index contributed by atoms with van der Waals surface area (Å²) < 4.78 is 0. The lowest BCUT2D eigenvalue weighted by molar-refractivity contribution is -0.138. The van der Waals surface area contributed by atoms with Crippen LogP contribution in [0.4, 0.5) is 0 Å². The summed E-state index contributed by atoms with van der Waals surface area (Å²) in [7, 11) is 0. The predicted octanol–water partition coefficient (Wildman–Crippen LogP) is 0.965. The first-order chi connectivity index (χ1) is 8.70. The van der Waals surface area contributed by atoms with Crippen LogP contribution >= 0.6 is 24.2 Å². The van der Waals surface area contributed by atoms with Crippen molar-refractivity contribution < 1.29 is 9.59 Å². The normalized spacial score (nSPS) is 18.0. The van der Waals surface area contributed by atoms with Gasteiger partial charge in [-0.05, 0) is 25.8 Å². The van der Waals surface area contributed by atoms with Crippen LogP contribution in [0.1, 0.15) is 32.6 Å². The Bertz CT molecular complexity index is 292. The van der Waals surface area contributed by atoms with Crippen LogP contribution in [0, 0.1) is 0 Å². The van der Waals surface area contributed by atoms with Gasteiger partial charge in [-0.15, -0.1) is 24.2 Å². The lowest BCUT2D eigenvalue weighted by atomic mass is 10.2. The van der Waals surface area contributed by atoms with E-state index in [4.69, 9.17) is 5.73 Å².